The van der Waals surface area contributed by atoms with Gasteiger partial charge in [0, 0.05) is 0 Å². The number of furan rings is 1. The Balaban J connectivity index is 1.78. The maximum Gasteiger partial charge on any atom is 0.275 e. The molecule has 0 spiro atoms. The quantitative estimate of drug-likeness (QED) is 0.843. The molecule has 2 aromatic rings. The summed E-state index contributed by atoms with van der Waals surface area (Å²) in [6, 6.07) is 13.9. The Kier molecular flexibility index (Phi) is 4.96. The number of hydrogen-bond donors (Lipinski definition) is 2. The van der Waals surface area contributed by atoms with E-state index in [0.717, 1.165) is 11.3 Å². The molecule has 1 amide bonds. The Hall–Kier alpha value is -2.07. The fourth-order valence-electron chi connectivity index (χ4n) is 2.08. The van der Waals surface area contributed by atoms with Gasteiger partial charge in [-0.2, -0.15) is 0 Å². The third-order valence-corrected chi connectivity index (χ3v) is 3.33. The van der Waals surface area contributed by atoms with E-state index in [-0.39, 0.29) is 18.0 Å². The fourth-order valence-corrected chi connectivity index (χ4v) is 2.08. The summed E-state index contributed by atoms with van der Waals surface area (Å²) in [6.45, 7) is 4.40. The standard InChI is InChI=1S/C16H20N2O2/c1-12(14-7-4-3-5-8-14)18-16(19)11-17-13(2)15-9-6-10-20-15/h3-10,12-13,17H,11H2,1-2H3,(H,18,19)/p+1/t12-,13-/m1/s1. The van der Waals surface area contributed by atoms with E-state index in [1.165, 1.54) is 0 Å². The van der Waals surface area contributed by atoms with E-state index >= 15 is 0 Å². The van der Waals surface area contributed by atoms with Crippen LogP contribution >= 0.6 is 0 Å². The van der Waals surface area contributed by atoms with Crippen LogP contribution in [0.3, 0.4) is 0 Å². The average molecular weight is 273 g/mol. The van der Waals surface area contributed by atoms with Gasteiger partial charge < -0.3 is 15.1 Å². The lowest BCUT2D eigenvalue weighted by molar-refractivity contribution is -0.684. The second-order valence-electron chi connectivity index (χ2n) is 4.94. The lowest BCUT2D eigenvalue weighted by Gasteiger charge is -2.14. The van der Waals surface area contributed by atoms with Gasteiger partial charge in [0.25, 0.3) is 5.91 Å². The molecular formula is C16H21N2O2+. The Bertz CT molecular complexity index is 523. The van der Waals surface area contributed by atoms with Gasteiger partial charge in [-0.15, -0.1) is 0 Å². The van der Waals surface area contributed by atoms with Gasteiger partial charge in [0.2, 0.25) is 0 Å². The highest BCUT2D eigenvalue weighted by Crippen LogP contribution is 2.10. The Labute approximate surface area is 119 Å². The molecule has 1 aromatic carbocycles. The number of carbonyl (C=O) groups excluding carboxylic acids is 1. The summed E-state index contributed by atoms with van der Waals surface area (Å²) in [5.74, 6) is 0.911. The molecule has 1 heterocycles. The van der Waals surface area contributed by atoms with Gasteiger partial charge in [0.15, 0.2) is 12.3 Å². The molecule has 0 unspecified atom stereocenters. The van der Waals surface area contributed by atoms with Crippen LogP contribution in [0.4, 0.5) is 0 Å². The van der Waals surface area contributed by atoms with Gasteiger partial charge in [-0.3, -0.25) is 4.79 Å². The van der Waals surface area contributed by atoms with Crippen LogP contribution in [-0.4, -0.2) is 12.5 Å². The monoisotopic (exact) mass is 273 g/mol. The normalized spacial score (nSPS) is 13.7. The minimum atomic E-state index is 0.0241. The second-order valence-corrected chi connectivity index (χ2v) is 4.94. The van der Waals surface area contributed by atoms with Gasteiger partial charge in [0.1, 0.15) is 6.04 Å². The number of nitrogens with one attached hydrogen (secondary N) is 1. The molecule has 0 radical (unpaired) electrons. The van der Waals surface area contributed by atoms with Crippen LogP contribution in [0.1, 0.15) is 37.3 Å². The molecule has 0 fully saturated rings. The molecule has 0 bridgehead atoms. The van der Waals surface area contributed by atoms with Crippen LogP contribution in [0.5, 0.6) is 0 Å². The predicted octanol–water partition coefficient (Wildman–Crippen LogP) is 1.78. The zero-order chi connectivity index (χ0) is 14.4. The largest absolute Gasteiger partial charge is 0.463 e. The van der Waals surface area contributed by atoms with Gasteiger partial charge in [-0.1, -0.05) is 30.3 Å². The van der Waals surface area contributed by atoms with Crippen molar-refractivity contribution < 1.29 is 14.5 Å². The molecule has 106 valence electrons. The molecule has 0 saturated heterocycles. The highest BCUT2D eigenvalue weighted by atomic mass is 16.3. The first-order chi connectivity index (χ1) is 9.66. The Morgan fingerprint density at radius 3 is 2.60 bits per heavy atom. The topological polar surface area (TPSA) is 58.9 Å². The summed E-state index contributed by atoms with van der Waals surface area (Å²) < 4.78 is 5.32. The van der Waals surface area contributed by atoms with Crippen molar-refractivity contribution in [3.05, 3.63) is 60.1 Å². The molecule has 4 nitrogen and oxygen atoms in total. The molecule has 20 heavy (non-hydrogen) atoms. The molecule has 3 N–H and O–H groups in total. The van der Waals surface area contributed by atoms with Crippen LogP contribution in [0.25, 0.3) is 0 Å². The Morgan fingerprint density at radius 2 is 1.95 bits per heavy atom. The number of nitrogens with two attached hydrogens (primary N) is 1. The number of rotatable bonds is 6. The third kappa shape index (κ3) is 3.96. The fraction of sp³-hybridized carbons (Fsp3) is 0.312. The zero-order valence-electron chi connectivity index (χ0n) is 11.9. The van der Waals surface area contributed by atoms with Crippen LogP contribution in [0.2, 0.25) is 0 Å². The lowest BCUT2D eigenvalue weighted by Crippen LogP contribution is -2.87. The lowest BCUT2D eigenvalue weighted by atomic mass is 10.1. The van der Waals surface area contributed by atoms with E-state index in [0.29, 0.717) is 6.54 Å². The van der Waals surface area contributed by atoms with Crippen molar-refractivity contribution in [3.63, 3.8) is 0 Å². The molecule has 0 saturated carbocycles. The van der Waals surface area contributed by atoms with Crippen molar-refractivity contribution in [2.45, 2.75) is 25.9 Å². The first-order valence-corrected chi connectivity index (χ1v) is 6.88. The van der Waals surface area contributed by atoms with Gasteiger partial charge in [-0.25, -0.2) is 0 Å². The SMILES string of the molecule is C[C@@H](NC(=O)C[NH2+][C@H](C)c1ccco1)c1ccccc1. The predicted molar refractivity (Wildman–Crippen MR) is 76.9 cm³/mol. The number of amides is 1. The van der Waals surface area contributed by atoms with E-state index in [1.807, 2.05) is 61.6 Å². The molecule has 2 atom stereocenters. The minimum Gasteiger partial charge on any atom is -0.463 e. The highest BCUT2D eigenvalue weighted by Gasteiger charge is 2.15. The summed E-state index contributed by atoms with van der Waals surface area (Å²) >= 11 is 0. The maximum atomic E-state index is 11.9. The number of benzene rings is 1. The van der Waals surface area contributed by atoms with Crippen LogP contribution in [0, 0.1) is 0 Å². The number of quaternary nitrogens is 1. The molecule has 2 rings (SSSR count). The first kappa shape index (κ1) is 14.3. The van der Waals surface area contributed by atoms with Crippen LogP contribution in [-0.2, 0) is 4.79 Å². The Morgan fingerprint density at radius 1 is 1.20 bits per heavy atom. The average Bonchev–Trinajstić information content (AvgIpc) is 3.00. The summed E-state index contributed by atoms with van der Waals surface area (Å²) in [4.78, 5) is 11.9. The smallest absolute Gasteiger partial charge is 0.275 e. The zero-order valence-corrected chi connectivity index (χ0v) is 11.9. The van der Waals surface area contributed by atoms with E-state index in [9.17, 15) is 4.79 Å². The van der Waals surface area contributed by atoms with Crippen molar-refractivity contribution in [1.82, 2.24) is 5.32 Å². The summed E-state index contributed by atoms with van der Waals surface area (Å²) in [6.07, 6.45) is 1.65. The van der Waals surface area contributed by atoms with Gasteiger partial charge >= 0.3 is 0 Å². The first-order valence-electron chi connectivity index (χ1n) is 6.88. The third-order valence-electron chi connectivity index (χ3n) is 3.33. The summed E-state index contributed by atoms with van der Waals surface area (Å²) in [5.41, 5.74) is 1.11. The summed E-state index contributed by atoms with van der Waals surface area (Å²) in [7, 11) is 0. The molecule has 0 aliphatic heterocycles. The van der Waals surface area contributed by atoms with Crippen molar-refractivity contribution >= 4 is 5.91 Å². The van der Waals surface area contributed by atoms with E-state index in [1.54, 1.807) is 6.26 Å². The molecular weight excluding hydrogens is 252 g/mol. The van der Waals surface area contributed by atoms with Crippen LogP contribution < -0.4 is 10.6 Å². The maximum absolute atomic E-state index is 11.9. The van der Waals surface area contributed by atoms with Gasteiger partial charge in [-0.05, 0) is 31.5 Å². The van der Waals surface area contributed by atoms with Crippen LogP contribution in [0.15, 0.2) is 53.1 Å². The molecule has 4 heteroatoms. The molecule has 0 aliphatic rings. The van der Waals surface area contributed by atoms with E-state index in [2.05, 4.69) is 5.32 Å². The highest BCUT2D eigenvalue weighted by molar-refractivity contribution is 5.77. The van der Waals surface area contributed by atoms with Crippen molar-refractivity contribution in [1.29, 1.82) is 0 Å². The molecule has 1 aromatic heterocycles. The molecule has 0 aliphatic carbocycles. The number of carbonyl (C=O) groups is 1. The second kappa shape index (κ2) is 6.91. The van der Waals surface area contributed by atoms with Crippen molar-refractivity contribution in [2.24, 2.45) is 0 Å². The minimum absolute atomic E-state index is 0.0241. The van der Waals surface area contributed by atoms with Crippen molar-refractivity contribution in [3.8, 4) is 0 Å². The van der Waals surface area contributed by atoms with E-state index < -0.39 is 0 Å². The summed E-state index contributed by atoms with van der Waals surface area (Å²) in [5, 5.41) is 4.96. The number of hydrogen-bond acceptors (Lipinski definition) is 2. The van der Waals surface area contributed by atoms with Gasteiger partial charge in [0.05, 0.1) is 12.3 Å². The van der Waals surface area contributed by atoms with E-state index in [4.69, 9.17) is 4.42 Å². The van der Waals surface area contributed by atoms with Crippen molar-refractivity contribution in [2.75, 3.05) is 6.54 Å².